The van der Waals surface area contributed by atoms with E-state index >= 15 is 0 Å². The Morgan fingerprint density at radius 3 is 2.47 bits per heavy atom. The summed E-state index contributed by atoms with van der Waals surface area (Å²) >= 11 is 0. The van der Waals surface area contributed by atoms with Crippen LogP contribution in [0.1, 0.15) is 79.4 Å². The van der Waals surface area contributed by atoms with E-state index in [1.54, 1.807) is 31.3 Å². The standard InChI is InChI=1S/C32H43N7O4/c1-33-29(42)32(39-20-31(13-6-7-14-31)19-34-30(39)43)17-22-10-11-24(16-23(22)18-32)36-28(41)26(21-8-4-3-5-9-21)37-27(40)25-12-15-35-38(25)2/h10-12,15-16,21,26H,3-9,13-14,17-20H2,1-2H3,(H,33,42)(H,34,43)(H,36,41)(H,37,40)/t26-,32?/m0/s1. The average molecular weight is 590 g/mol. The van der Waals surface area contributed by atoms with Crippen molar-refractivity contribution >= 4 is 29.4 Å². The molecule has 5 amide bonds. The lowest BCUT2D eigenvalue weighted by Crippen LogP contribution is -2.68. The van der Waals surface area contributed by atoms with Crippen molar-refractivity contribution in [1.29, 1.82) is 0 Å². The van der Waals surface area contributed by atoms with Gasteiger partial charge in [0.15, 0.2) is 0 Å². The fourth-order valence-electron chi connectivity index (χ4n) is 7.96. The molecule has 4 N–H and O–H groups in total. The maximum Gasteiger partial charge on any atom is 0.318 e. The summed E-state index contributed by atoms with van der Waals surface area (Å²) in [4.78, 5) is 55.4. The van der Waals surface area contributed by atoms with E-state index in [4.69, 9.17) is 0 Å². The van der Waals surface area contributed by atoms with Crippen LogP contribution in [0.2, 0.25) is 0 Å². The summed E-state index contributed by atoms with van der Waals surface area (Å²) in [5.74, 6) is -0.706. The van der Waals surface area contributed by atoms with Gasteiger partial charge in [0.05, 0.1) is 0 Å². The number of nitrogens with zero attached hydrogens (tertiary/aromatic N) is 3. The molecule has 2 atom stereocenters. The van der Waals surface area contributed by atoms with Crippen molar-refractivity contribution in [2.75, 3.05) is 25.5 Å². The fraction of sp³-hybridized carbons (Fsp3) is 0.594. The Hall–Kier alpha value is -3.89. The Morgan fingerprint density at radius 1 is 1.02 bits per heavy atom. The van der Waals surface area contributed by atoms with Crippen LogP contribution in [0.5, 0.6) is 0 Å². The van der Waals surface area contributed by atoms with Gasteiger partial charge in [0.2, 0.25) is 11.8 Å². The Labute approximate surface area is 252 Å². The number of carbonyl (C=O) groups is 4. The fourth-order valence-corrected chi connectivity index (χ4v) is 7.96. The summed E-state index contributed by atoms with van der Waals surface area (Å²) in [5.41, 5.74) is 1.93. The number of rotatable bonds is 7. The Balaban J connectivity index is 1.22. The van der Waals surface area contributed by atoms with E-state index in [1.165, 1.54) is 4.68 Å². The number of amides is 5. The van der Waals surface area contributed by atoms with E-state index in [-0.39, 0.29) is 35.1 Å². The molecule has 2 heterocycles. The van der Waals surface area contributed by atoms with Gasteiger partial charge in [-0.1, -0.05) is 38.2 Å². The average Bonchev–Trinajstić information content (AvgIpc) is 3.76. The van der Waals surface area contributed by atoms with Crippen molar-refractivity contribution in [3.8, 4) is 0 Å². The maximum atomic E-state index is 13.7. The predicted molar refractivity (Wildman–Crippen MR) is 161 cm³/mol. The molecule has 1 aromatic carbocycles. The smallest absolute Gasteiger partial charge is 0.318 e. The molecule has 4 aliphatic rings. The molecule has 1 aliphatic heterocycles. The molecule has 230 valence electrons. The monoisotopic (exact) mass is 589 g/mol. The van der Waals surface area contributed by atoms with Gasteiger partial charge in [-0.3, -0.25) is 19.1 Å². The van der Waals surface area contributed by atoms with Crippen molar-refractivity contribution in [2.45, 2.75) is 82.2 Å². The van der Waals surface area contributed by atoms with Gasteiger partial charge in [-0.25, -0.2) is 4.79 Å². The third-order valence-corrected chi connectivity index (χ3v) is 10.4. The number of aromatic nitrogens is 2. The third kappa shape index (κ3) is 5.49. The first-order chi connectivity index (χ1) is 20.7. The number of hydrogen-bond donors (Lipinski definition) is 4. The zero-order valence-corrected chi connectivity index (χ0v) is 25.2. The molecular weight excluding hydrogens is 546 g/mol. The van der Waals surface area contributed by atoms with Crippen molar-refractivity contribution in [2.24, 2.45) is 18.4 Å². The van der Waals surface area contributed by atoms with Gasteiger partial charge < -0.3 is 26.2 Å². The first-order valence-electron chi connectivity index (χ1n) is 15.7. The van der Waals surface area contributed by atoms with E-state index in [2.05, 4.69) is 26.4 Å². The number of anilines is 1. The molecular formula is C32H43N7O4. The van der Waals surface area contributed by atoms with E-state index in [0.29, 0.717) is 37.3 Å². The summed E-state index contributed by atoms with van der Waals surface area (Å²) in [6, 6.07) is 6.49. The van der Waals surface area contributed by atoms with Gasteiger partial charge in [0, 0.05) is 57.3 Å². The molecule has 2 saturated carbocycles. The molecule has 0 bridgehead atoms. The Morgan fingerprint density at radius 2 is 1.77 bits per heavy atom. The minimum atomic E-state index is -1.03. The second-order valence-electron chi connectivity index (χ2n) is 13.1. The number of likely N-dealkylation sites (N-methyl/N-ethyl adjacent to an activating group) is 1. The zero-order valence-electron chi connectivity index (χ0n) is 25.2. The molecule has 6 rings (SSSR count). The molecule has 1 spiro atoms. The number of hydrogen-bond acceptors (Lipinski definition) is 5. The van der Waals surface area contributed by atoms with E-state index in [9.17, 15) is 19.2 Å². The second kappa shape index (κ2) is 11.7. The van der Waals surface area contributed by atoms with E-state index in [0.717, 1.165) is 68.9 Å². The number of nitrogens with one attached hydrogen (secondary N) is 4. The lowest BCUT2D eigenvalue weighted by molar-refractivity contribution is -0.132. The third-order valence-electron chi connectivity index (χ3n) is 10.4. The molecule has 2 aromatic rings. The van der Waals surface area contributed by atoms with Crippen LogP contribution in [0.3, 0.4) is 0 Å². The number of benzene rings is 1. The lowest BCUT2D eigenvalue weighted by Gasteiger charge is -2.48. The van der Waals surface area contributed by atoms with E-state index in [1.807, 2.05) is 18.2 Å². The molecule has 1 aromatic heterocycles. The van der Waals surface area contributed by atoms with Crippen molar-refractivity contribution in [1.82, 2.24) is 30.6 Å². The molecule has 11 nitrogen and oxygen atoms in total. The van der Waals surface area contributed by atoms with Crippen molar-refractivity contribution < 1.29 is 19.2 Å². The van der Waals surface area contributed by atoms with Crippen LogP contribution in [-0.2, 0) is 29.5 Å². The quantitative estimate of drug-likeness (QED) is 0.394. The summed E-state index contributed by atoms with van der Waals surface area (Å²) in [6.45, 7) is 1.23. The van der Waals surface area contributed by atoms with Crippen molar-refractivity contribution in [3.63, 3.8) is 0 Å². The lowest BCUT2D eigenvalue weighted by atomic mass is 9.81. The number of fused-ring (bicyclic) bond motifs is 1. The highest BCUT2D eigenvalue weighted by atomic mass is 16.2. The van der Waals surface area contributed by atoms with Gasteiger partial charge in [-0.05, 0) is 60.9 Å². The Bertz CT molecular complexity index is 1410. The molecule has 1 saturated heterocycles. The summed E-state index contributed by atoms with van der Waals surface area (Å²) in [5, 5.41) is 16.1. The SMILES string of the molecule is CNC(=O)C1(N2CC3(CCCC3)CNC2=O)Cc2ccc(NC(=O)[C@@H](NC(=O)c3ccnn3C)C3CCCCC3)cc2C1. The molecule has 1 unspecified atom stereocenters. The first kappa shape index (κ1) is 29.2. The van der Waals surface area contributed by atoms with Crippen LogP contribution < -0.4 is 21.3 Å². The highest BCUT2D eigenvalue weighted by molar-refractivity contribution is 6.01. The largest absolute Gasteiger partial charge is 0.357 e. The molecule has 0 radical (unpaired) electrons. The van der Waals surface area contributed by atoms with Crippen LogP contribution in [0.15, 0.2) is 30.5 Å². The van der Waals surface area contributed by atoms with Gasteiger partial charge in [0.25, 0.3) is 5.91 Å². The summed E-state index contributed by atoms with van der Waals surface area (Å²) < 4.78 is 1.50. The van der Waals surface area contributed by atoms with Crippen LogP contribution in [0.4, 0.5) is 10.5 Å². The normalized spacial score (nSPS) is 23.9. The maximum absolute atomic E-state index is 13.7. The number of carbonyl (C=O) groups excluding carboxylic acids is 4. The van der Waals surface area contributed by atoms with E-state index < -0.39 is 11.6 Å². The summed E-state index contributed by atoms with van der Waals surface area (Å²) in [7, 11) is 3.33. The molecule has 43 heavy (non-hydrogen) atoms. The predicted octanol–water partition coefficient (Wildman–Crippen LogP) is 2.91. The van der Waals surface area contributed by atoms with Crippen LogP contribution >= 0.6 is 0 Å². The molecule has 3 fully saturated rings. The minimum Gasteiger partial charge on any atom is -0.357 e. The highest BCUT2D eigenvalue weighted by Crippen LogP contribution is 2.44. The van der Waals surface area contributed by atoms with Crippen molar-refractivity contribution in [3.05, 3.63) is 47.3 Å². The molecule has 11 heteroatoms. The van der Waals surface area contributed by atoms with Gasteiger partial charge >= 0.3 is 6.03 Å². The minimum absolute atomic E-state index is 0.0108. The van der Waals surface area contributed by atoms with Gasteiger partial charge in [-0.2, -0.15) is 5.10 Å². The first-order valence-corrected chi connectivity index (χ1v) is 15.7. The highest BCUT2D eigenvalue weighted by Gasteiger charge is 2.54. The number of aryl methyl sites for hydroxylation is 1. The van der Waals surface area contributed by atoms with Gasteiger partial charge in [-0.15, -0.1) is 0 Å². The van der Waals surface area contributed by atoms with Gasteiger partial charge in [0.1, 0.15) is 17.3 Å². The summed E-state index contributed by atoms with van der Waals surface area (Å²) in [6.07, 6.45) is 11.7. The second-order valence-corrected chi connectivity index (χ2v) is 13.1. The van der Waals surface area contributed by atoms with Crippen LogP contribution in [-0.4, -0.2) is 70.2 Å². The number of urea groups is 1. The van der Waals surface area contributed by atoms with Crippen LogP contribution in [0, 0.1) is 11.3 Å². The topological polar surface area (TPSA) is 137 Å². The Kier molecular flexibility index (Phi) is 7.91. The molecule has 3 aliphatic carbocycles. The van der Waals surface area contributed by atoms with Crippen LogP contribution in [0.25, 0.3) is 0 Å². The zero-order chi connectivity index (χ0) is 30.2.